The Balaban J connectivity index is 1.42. The molecular formula is C29H33N3O2. The molecule has 9 rings (SSSR count). The molecule has 7 atom stereocenters. The van der Waals surface area contributed by atoms with Crippen molar-refractivity contribution in [2.45, 2.75) is 82.8 Å². The lowest BCUT2D eigenvalue weighted by Gasteiger charge is -2.71. The van der Waals surface area contributed by atoms with Crippen LogP contribution in [-0.2, 0) is 17.4 Å². The molecule has 5 heteroatoms. The van der Waals surface area contributed by atoms with Gasteiger partial charge in [0, 0.05) is 11.5 Å². The number of hydrogen-bond acceptors (Lipinski definition) is 2. The fraction of sp³-hybridized carbons (Fsp3) is 0.586. The van der Waals surface area contributed by atoms with Gasteiger partial charge in [-0.3, -0.25) is 0 Å². The smallest absolute Gasteiger partial charge is 0.246 e. The van der Waals surface area contributed by atoms with Gasteiger partial charge in [0.05, 0.1) is 17.0 Å². The number of fused-ring (bicyclic) bond motifs is 3. The second-order valence-corrected chi connectivity index (χ2v) is 13.0. The molecule has 2 fully saturated rings. The Hall–Kier alpha value is -2.56. The van der Waals surface area contributed by atoms with Crippen molar-refractivity contribution in [2.75, 3.05) is 0 Å². The van der Waals surface area contributed by atoms with Crippen molar-refractivity contribution in [3.63, 3.8) is 0 Å². The highest BCUT2D eigenvalue weighted by Crippen LogP contribution is 2.73. The minimum absolute atomic E-state index is 0.0234. The average molecular weight is 456 g/mol. The molecule has 0 N–H and O–H groups in total. The quantitative estimate of drug-likeness (QED) is 0.596. The van der Waals surface area contributed by atoms with Crippen molar-refractivity contribution in [3.05, 3.63) is 80.7 Å². The second-order valence-electron chi connectivity index (χ2n) is 13.0. The van der Waals surface area contributed by atoms with Crippen LogP contribution in [0.25, 0.3) is 0 Å². The van der Waals surface area contributed by atoms with Crippen LogP contribution in [0.1, 0.15) is 76.6 Å². The summed E-state index contributed by atoms with van der Waals surface area (Å²) < 4.78 is 5.42. The van der Waals surface area contributed by atoms with Crippen molar-refractivity contribution in [1.29, 1.82) is 0 Å². The van der Waals surface area contributed by atoms with E-state index in [9.17, 15) is 9.59 Å². The van der Waals surface area contributed by atoms with Crippen LogP contribution >= 0.6 is 0 Å². The number of hydrogen-bond donors (Lipinski definition) is 0. The monoisotopic (exact) mass is 455 g/mol. The van der Waals surface area contributed by atoms with Gasteiger partial charge in [-0.05, 0) is 66.9 Å². The zero-order valence-corrected chi connectivity index (χ0v) is 20.5. The maximum absolute atomic E-state index is 14.4. The van der Waals surface area contributed by atoms with Crippen LogP contribution < -0.4 is 11.4 Å². The standard InChI is InChI=1S/C29H33N3O2/c1-25(2)19-10-12-26(25,3)22(17-19)30-23(33)31-21-11-13-27(4,32(31)24(30)34)29-16-15-28(21,29)14-9-18-7-5-6-8-20(18)29/h5-8,11,13,15-16,19,21-22H,9-10,12,14,17H2,1-4H3/t19-,21-,22+,26-,27-,28-,29-/m0/s1. The van der Waals surface area contributed by atoms with Crippen LogP contribution in [0.4, 0.5) is 0 Å². The van der Waals surface area contributed by atoms with Crippen molar-refractivity contribution >= 4 is 0 Å². The average Bonchev–Trinajstić information content (AvgIpc) is 3.26. The summed E-state index contributed by atoms with van der Waals surface area (Å²) in [5.74, 6) is 0.575. The molecule has 0 saturated heterocycles. The molecule has 3 heterocycles. The number of aryl methyl sites for hydroxylation is 1. The molecule has 2 aliphatic heterocycles. The number of nitrogens with zero attached hydrogens (tertiary/aromatic N) is 3. The van der Waals surface area contributed by atoms with Crippen LogP contribution in [-0.4, -0.2) is 13.9 Å². The minimum Gasteiger partial charge on any atom is -0.246 e. The summed E-state index contributed by atoms with van der Waals surface area (Å²) in [6.45, 7) is 9.21. The van der Waals surface area contributed by atoms with Crippen LogP contribution in [0.2, 0.25) is 0 Å². The maximum atomic E-state index is 14.4. The first kappa shape index (κ1) is 19.7. The Labute approximate surface area is 199 Å². The number of rotatable bonds is 1. The lowest BCUT2D eigenvalue weighted by molar-refractivity contribution is -0.0557. The molecule has 1 aromatic carbocycles. The van der Waals surface area contributed by atoms with Gasteiger partial charge in [-0.15, -0.1) is 0 Å². The van der Waals surface area contributed by atoms with Crippen molar-refractivity contribution in [2.24, 2.45) is 22.2 Å². The van der Waals surface area contributed by atoms with E-state index in [0.29, 0.717) is 5.92 Å². The molecule has 5 aliphatic carbocycles. The molecule has 0 spiro atoms. The van der Waals surface area contributed by atoms with Gasteiger partial charge in [0.15, 0.2) is 0 Å². The summed E-state index contributed by atoms with van der Waals surface area (Å²) in [7, 11) is 0. The van der Waals surface area contributed by atoms with Crippen LogP contribution in [0.5, 0.6) is 0 Å². The van der Waals surface area contributed by atoms with Crippen molar-refractivity contribution in [1.82, 2.24) is 13.9 Å². The zero-order valence-electron chi connectivity index (χ0n) is 20.5. The topological polar surface area (TPSA) is 48.9 Å². The largest absolute Gasteiger partial charge is 0.348 e. The van der Waals surface area contributed by atoms with E-state index in [-0.39, 0.29) is 45.1 Å². The SMILES string of the molecule is CC1(C)[C@H]2CC[C@@]1(C)[C@H](n1c(=O)n3n(c1=O)[C@@]1(C)C=C[C@H]3[C@]34C=C[C@@]31c1ccccc1CC4)C2. The summed E-state index contributed by atoms with van der Waals surface area (Å²) in [6, 6.07) is 8.62. The Kier molecular flexibility index (Phi) is 3.08. The van der Waals surface area contributed by atoms with Gasteiger partial charge in [-0.1, -0.05) is 69.3 Å². The molecule has 2 aromatic rings. The third kappa shape index (κ3) is 1.59. The maximum Gasteiger partial charge on any atom is 0.348 e. The van der Waals surface area contributed by atoms with Crippen LogP contribution in [0.3, 0.4) is 0 Å². The van der Waals surface area contributed by atoms with E-state index in [1.54, 1.807) is 4.57 Å². The van der Waals surface area contributed by atoms with E-state index in [0.717, 1.165) is 25.7 Å². The molecule has 1 aromatic heterocycles. The van der Waals surface area contributed by atoms with Crippen molar-refractivity contribution < 1.29 is 0 Å². The summed E-state index contributed by atoms with van der Waals surface area (Å²) in [5, 5.41) is 0. The number of benzene rings is 1. The van der Waals surface area contributed by atoms with Gasteiger partial charge in [-0.25, -0.2) is 23.5 Å². The number of aromatic nitrogens is 3. The summed E-state index contributed by atoms with van der Waals surface area (Å²) in [4.78, 5) is 28.6. The van der Waals surface area contributed by atoms with E-state index in [1.807, 2.05) is 9.36 Å². The molecule has 0 radical (unpaired) electrons. The molecule has 34 heavy (non-hydrogen) atoms. The molecule has 176 valence electrons. The predicted octanol–water partition coefficient (Wildman–Crippen LogP) is 4.48. The third-order valence-electron chi connectivity index (χ3n) is 12.3. The van der Waals surface area contributed by atoms with Crippen LogP contribution in [0, 0.1) is 22.2 Å². The number of allylic oxidation sites excluding steroid dienone is 4. The molecule has 4 bridgehead atoms. The molecule has 0 amide bonds. The first-order valence-corrected chi connectivity index (χ1v) is 13.1. The molecule has 7 aliphatic rings. The highest BCUT2D eigenvalue weighted by atomic mass is 16.2. The van der Waals surface area contributed by atoms with Crippen LogP contribution in [0.15, 0.2) is 58.2 Å². The van der Waals surface area contributed by atoms with Gasteiger partial charge in [-0.2, -0.15) is 0 Å². The van der Waals surface area contributed by atoms with E-state index < -0.39 is 5.54 Å². The Bertz CT molecular complexity index is 1490. The molecule has 5 nitrogen and oxygen atoms in total. The van der Waals surface area contributed by atoms with E-state index in [1.165, 1.54) is 17.5 Å². The molecular weight excluding hydrogens is 422 g/mol. The minimum atomic E-state index is -0.609. The third-order valence-corrected chi connectivity index (χ3v) is 12.3. The Morgan fingerprint density at radius 3 is 2.41 bits per heavy atom. The van der Waals surface area contributed by atoms with E-state index in [2.05, 4.69) is 76.3 Å². The summed E-state index contributed by atoms with van der Waals surface area (Å²) >= 11 is 0. The molecule has 2 saturated carbocycles. The first-order chi connectivity index (χ1) is 16.1. The summed E-state index contributed by atoms with van der Waals surface area (Å²) in [5.41, 5.74) is 1.59. The normalized spacial score (nSPS) is 45.5. The fourth-order valence-corrected chi connectivity index (χ4v) is 10.0. The van der Waals surface area contributed by atoms with Gasteiger partial charge in [0.2, 0.25) is 0 Å². The predicted molar refractivity (Wildman–Crippen MR) is 131 cm³/mol. The van der Waals surface area contributed by atoms with Gasteiger partial charge in [0.1, 0.15) is 0 Å². The Morgan fingerprint density at radius 1 is 0.941 bits per heavy atom. The fourth-order valence-electron chi connectivity index (χ4n) is 10.0. The van der Waals surface area contributed by atoms with Crippen molar-refractivity contribution in [3.8, 4) is 0 Å². The van der Waals surface area contributed by atoms with Gasteiger partial charge >= 0.3 is 11.4 Å². The second kappa shape index (κ2) is 5.32. The van der Waals surface area contributed by atoms with Gasteiger partial charge < -0.3 is 0 Å². The first-order valence-electron chi connectivity index (χ1n) is 13.1. The highest BCUT2D eigenvalue weighted by Gasteiger charge is 2.74. The highest BCUT2D eigenvalue weighted by molar-refractivity contribution is 5.59. The summed E-state index contributed by atoms with van der Waals surface area (Å²) in [6.07, 6.45) is 14.4. The van der Waals surface area contributed by atoms with E-state index in [4.69, 9.17) is 0 Å². The zero-order chi connectivity index (χ0) is 23.5. The lowest BCUT2D eigenvalue weighted by Crippen LogP contribution is -2.74. The molecule has 0 unspecified atom stereocenters. The lowest BCUT2D eigenvalue weighted by atomic mass is 9.37. The van der Waals surface area contributed by atoms with Gasteiger partial charge in [0.25, 0.3) is 0 Å². The Morgan fingerprint density at radius 2 is 1.74 bits per heavy atom. The van der Waals surface area contributed by atoms with E-state index >= 15 is 0 Å².